The highest BCUT2D eigenvalue weighted by Crippen LogP contribution is 2.27. The quantitative estimate of drug-likeness (QED) is 0.899. The van der Waals surface area contributed by atoms with Crippen molar-refractivity contribution in [3.63, 3.8) is 0 Å². The third-order valence-corrected chi connectivity index (χ3v) is 3.49. The second-order valence-corrected chi connectivity index (χ2v) is 4.91. The van der Waals surface area contributed by atoms with Crippen LogP contribution in [0.2, 0.25) is 0 Å². The van der Waals surface area contributed by atoms with E-state index < -0.39 is 0 Å². The van der Waals surface area contributed by atoms with Gasteiger partial charge < -0.3 is 15.4 Å². The minimum Gasteiger partial charge on any atom is -0.488 e. The number of rotatable bonds is 4. The zero-order valence-electron chi connectivity index (χ0n) is 11.8. The maximum atomic E-state index is 12.2. The summed E-state index contributed by atoms with van der Waals surface area (Å²) < 4.78 is 5.80. The third kappa shape index (κ3) is 2.81. The van der Waals surface area contributed by atoms with Gasteiger partial charge in [-0.15, -0.1) is 0 Å². The van der Waals surface area contributed by atoms with Crippen molar-refractivity contribution in [1.29, 1.82) is 0 Å². The average Bonchev–Trinajstić information content (AvgIpc) is 2.95. The smallest absolute Gasteiger partial charge is 0.255 e. The average molecular weight is 283 g/mol. The van der Waals surface area contributed by atoms with Crippen LogP contribution in [0.4, 0.5) is 5.82 Å². The fourth-order valence-corrected chi connectivity index (χ4v) is 2.46. The highest BCUT2D eigenvalue weighted by molar-refractivity contribution is 5.98. The van der Waals surface area contributed by atoms with Crippen LogP contribution in [0.5, 0.6) is 5.75 Å². The van der Waals surface area contributed by atoms with E-state index >= 15 is 0 Å². The number of benzene rings is 1. The van der Waals surface area contributed by atoms with Crippen LogP contribution >= 0.6 is 0 Å². The fourth-order valence-electron chi connectivity index (χ4n) is 2.46. The molecule has 2 aromatic rings. The SMILES string of the molecule is CNc1ncccc1C(=O)NCC1Cc2ccccc2O1. The zero-order chi connectivity index (χ0) is 14.7. The lowest BCUT2D eigenvalue weighted by molar-refractivity contribution is 0.0934. The molecule has 1 aromatic heterocycles. The lowest BCUT2D eigenvalue weighted by Crippen LogP contribution is -2.34. The predicted octanol–water partition coefficient (Wildman–Crippen LogP) is 1.86. The first-order valence-electron chi connectivity index (χ1n) is 6.93. The largest absolute Gasteiger partial charge is 0.488 e. The van der Waals surface area contributed by atoms with Crippen LogP contribution < -0.4 is 15.4 Å². The summed E-state index contributed by atoms with van der Waals surface area (Å²) in [7, 11) is 1.75. The molecule has 1 unspecified atom stereocenters. The monoisotopic (exact) mass is 283 g/mol. The Hall–Kier alpha value is -2.56. The van der Waals surface area contributed by atoms with Crippen molar-refractivity contribution >= 4 is 11.7 Å². The normalized spacial score (nSPS) is 16.0. The fraction of sp³-hybridized carbons (Fsp3) is 0.250. The molecule has 0 radical (unpaired) electrons. The van der Waals surface area contributed by atoms with E-state index in [9.17, 15) is 4.79 Å². The minimum absolute atomic E-state index is 0.0129. The van der Waals surface area contributed by atoms with Gasteiger partial charge in [0.1, 0.15) is 17.7 Å². The van der Waals surface area contributed by atoms with Gasteiger partial charge in [0.25, 0.3) is 5.91 Å². The van der Waals surface area contributed by atoms with Crippen LogP contribution in [0.3, 0.4) is 0 Å². The van der Waals surface area contributed by atoms with E-state index in [-0.39, 0.29) is 12.0 Å². The van der Waals surface area contributed by atoms with E-state index in [1.54, 1.807) is 25.4 Å². The Kier molecular flexibility index (Phi) is 3.73. The summed E-state index contributed by atoms with van der Waals surface area (Å²) in [4.78, 5) is 16.3. The van der Waals surface area contributed by atoms with E-state index in [4.69, 9.17) is 4.74 Å². The Morgan fingerprint density at radius 1 is 1.33 bits per heavy atom. The molecule has 1 aliphatic rings. The molecule has 0 bridgehead atoms. The predicted molar refractivity (Wildman–Crippen MR) is 80.7 cm³/mol. The van der Waals surface area contributed by atoms with E-state index in [0.29, 0.717) is 17.9 Å². The number of carbonyl (C=O) groups excluding carboxylic acids is 1. The molecule has 0 fully saturated rings. The second-order valence-electron chi connectivity index (χ2n) is 4.91. The first kappa shape index (κ1) is 13.4. The second kappa shape index (κ2) is 5.83. The van der Waals surface area contributed by atoms with Crippen molar-refractivity contribution in [1.82, 2.24) is 10.3 Å². The highest BCUT2D eigenvalue weighted by atomic mass is 16.5. The van der Waals surface area contributed by atoms with Gasteiger partial charge in [-0.25, -0.2) is 4.98 Å². The van der Waals surface area contributed by atoms with Crippen molar-refractivity contribution in [2.75, 3.05) is 18.9 Å². The summed E-state index contributed by atoms with van der Waals surface area (Å²) in [6.45, 7) is 0.478. The highest BCUT2D eigenvalue weighted by Gasteiger charge is 2.23. The number of amides is 1. The number of carbonyl (C=O) groups is 1. The van der Waals surface area contributed by atoms with Crippen LogP contribution in [0.1, 0.15) is 15.9 Å². The maximum Gasteiger partial charge on any atom is 0.255 e. The molecule has 0 spiro atoms. The molecule has 2 N–H and O–H groups in total. The molecule has 0 aliphatic carbocycles. The lowest BCUT2D eigenvalue weighted by atomic mass is 10.1. The number of nitrogens with zero attached hydrogens (tertiary/aromatic N) is 1. The third-order valence-electron chi connectivity index (χ3n) is 3.49. The van der Waals surface area contributed by atoms with Crippen LogP contribution in [-0.4, -0.2) is 30.6 Å². The number of aromatic nitrogens is 1. The summed E-state index contributed by atoms with van der Waals surface area (Å²) in [6.07, 6.45) is 2.46. The summed E-state index contributed by atoms with van der Waals surface area (Å²) in [5.74, 6) is 1.34. The topological polar surface area (TPSA) is 63.2 Å². The van der Waals surface area contributed by atoms with Gasteiger partial charge in [-0.3, -0.25) is 4.79 Å². The van der Waals surface area contributed by atoms with E-state index in [1.807, 2.05) is 18.2 Å². The minimum atomic E-state index is -0.146. The molecule has 1 atom stereocenters. The Balaban J connectivity index is 1.60. The lowest BCUT2D eigenvalue weighted by Gasteiger charge is -2.13. The summed E-state index contributed by atoms with van der Waals surface area (Å²) in [5.41, 5.74) is 1.73. The number of hydrogen-bond acceptors (Lipinski definition) is 4. The Labute approximate surface area is 123 Å². The molecule has 108 valence electrons. The first-order valence-corrected chi connectivity index (χ1v) is 6.93. The van der Waals surface area contributed by atoms with Gasteiger partial charge in [0, 0.05) is 19.7 Å². The van der Waals surface area contributed by atoms with Crippen LogP contribution in [0.15, 0.2) is 42.6 Å². The number of pyridine rings is 1. The van der Waals surface area contributed by atoms with Crippen LogP contribution in [-0.2, 0) is 6.42 Å². The van der Waals surface area contributed by atoms with Gasteiger partial charge in [-0.2, -0.15) is 0 Å². The van der Waals surface area contributed by atoms with E-state index in [2.05, 4.69) is 21.7 Å². The molecule has 2 heterocycles. The molecule has 0 saturated carbocycles. The van der Waals surface area contributed by atoms with Crippen molar-refractivity contribution in [3.8, 4) is 5.75 Å². The van der Waals surface area contributed by atoms with Crippen molar-refractivity contribution in [2.24, 2.45) is 0 Å². The first-order chi connectivity index (χ1) is 10.3. The summed E-state index contributed by atoms with van der Waals surface area (Å²) in [6, 6.07) is 11.5. The van der Waals surface area contributed by atoms with Gasteiger partial charge in [0.05, 0.1) is 12.1 Å². The zero-order valence-corrected chi connectivity index (χ0v) is 11.8. The standard InChI is InChI=1S/C16H17N3O2/c1-17-15-13(6-4-8-18-15)16(20)19-10-12-9-11-5-2-3-7-14(11)21-12/h2-8,12H,9-10H2,1H3,(H,17,18)(H,19,20). The van der Waals surface area contributed by atoms with Crippen LogP contribution in [0, 0.1) is 0 Å². The number of ether oxygens (including phenoxy) is 1. The maximum absolute atomic E-state index is 12.2. The van der Waals surface area contributed by atoms with Gasteiger partial charge >= 0.3 is 0 Å². The summed E-state index contributed by atoms with van der Waals surface area (Å²) in [5, 5.41) is 5.82. The molecule has 3 rings (SSSR count). The van der Waals surface area contributed by atoms with Gasteiger partial charge in [-0.1, -0.05) is 18.2 Å². The molecule has 21 heavy (non-hydrogen) atoms. The number of para-hydroxylation sites is 1. The van der Waals surface area contributed by atoms with Crippen molar-refractivity contribution < 1.29 is 9.53 Å². The van der Waals surface area contributed by atoms with E-state index in [0.717, 1.165) is 12.2 Å². The molecule has 1 aromatic carbocycles. The molecule has 0 saturated heterocycles. The number of anilines is 1. The Morgan fingerprint density at radius 2 is 2.19 bits per heavy atom. The van der Waals surface area contributed by atoms with Gasteiger partial charge in [0.2, 0.25) is 0 Å². The number of fused-ring (bicyclic) bond motifs is 1. The van der Waals surface area contributed by atoms with Gasteiger partial charge in [-0.05, 0) is 23.8 Å². The Morgan fingerprint density at radius 3 is 3.00 bits per heavy atom. The van der Waals surface area contributed by atoms with Crippen molar-refractivity contribution in [3.05, 3.63) is 53.7 Å². The molecular formula is C16H17N3O2. The number of hydrogen-bond donors (Lipinski definition) is 2. The van der Waals surface area contributed by atoms with Gasteiger partial charge in [0.15, 0.2) is 0 Å². The van der Waals surface area contributed by atoms with Crippen molar-refractivity contribution in [2.45, 2.75) is 12.5 Å². The van der Waals surface area contributed by atoms with Crippen LogP contribution in [0.25, 0.3) is 0 Å². The van der Waals surface area contributed by atoms with E-state index in [1.165, 1.54) is 5.56 Å². The molecule has 5 nitrogen and oxygen atoms in total. The summed E-state index contributed by atoms with van der Waals surface area (Å²) >= 11 is 0. The molecule has 1 amide bonds. The number of nitrogens with one attached hydrogen (secondary N) is 2. The molecule has 1 aliphatic heterocycles. The molecule has 5 heteroatoms. The molecular weight excluding hydrogens is 266 g/mol. The Bertz CT molecular complexity index is 632.